The second-order valence-corrected chi connectivity index (χ2v) is 6.18. The molecule has 2 rings (SSSR count). The normalized spacial score (nSPS) is 11.4. The van der Waals surface area contributed by atoms with Crippen LogP contribution < -0.4 is 24.4 Å². The quantitative estimate of drug-likeness (QED) is 0.494. The molecule has 9 heteroatoms. The zero-order chi connectivity index (χ0) is 20.7. The number of anilines is 1. The first-order valence-corrected chi connectivity index (χ1v) is 8.52. The van der Waals surface area contributed by atoms with E-state index in [1.54, 1.807) is 20.3 Å². The van der Waals surface area contributed by atoms with Gasteiger partial charge in [-0.1, -0.05) is 0 Å². The molecular formula is C19H24N3O6+. The van der Waals surface area contributed by atoms with Gasteiger partial charge in [0.1, 0.15) is 23.8 Å². The number of nitro benzene ring substituents is 1. The summed E-state index contributed by atoms with van der Waals surface area (Å²) in [6.45, 7) is 0.702. The molecule has 2 N–H and O–H groups in total. The van der Waals surface area contributed by atoms with Crippen LogP contribution in [0.3, 0.4) is 0 Å². The van der Waals surface area contributed by atoms with Crippen LogP contribution in [0.15, 0.2) is 36.4 Å². The fourth-order valence-electron chi connectivity index (χ4n) is 2.76. The number of nitrogens with one attached hydrogen (secondary N) is 2. The molecule has 0 fully saturated rings. The van der Waals surface area contributed by atoms with E-state index in [-0.39, 0.29) is 23.8 Å². The number of likely N-dealkylation sites (N-methyl/N-ethyl adjacent to an activating group) is 1. The molecule has 0 bridgehead atoms. The van der Waals surface area contributed by atoms with Crippen molar-refractivity contribution in [2.75, 3.05) is 40.2 Å². The largest absolute Gasteiger partial charge is 0.497 e. The third kappa shape index (κ3) is 5.34. The van der Waals surface area contributed by atoms with Crippen LogP contribution in [0.25, 0.3) is 0 Å². The van der Waals surface area contributed by atoms with Crippen LogP contribution in [0.5, 0.6) is 17.2 Å². The van der Waals surface area contributed by atoms with E-state index < -0.39 is 4.92 Å². The minimum atomic E-state index is -0.525. The van der Waals surface area contributed by atoms with Crippen LogP contribution in [0, 0.1) is 10.1 Å². The zero-order valence-electron chi connectivity index (χ0n) is 16.3. The highest BCUT2D eigenvalue weighted by Crippen LogP contribution is 2.28. The summed E-state index contributed by atoms with van der Waals surface area (Å²) in [6.07, 6.45) is 0. The second kappa shape index (κ2) is 9.56. The summed E-state index contributed by atoms with van der Waals surface area (Å²) >= 11 is 0. The van der Waals surface area contributed by atoms with Crippen molar-refractivity contribution in [1.82, 2.24) is 0 Å². The Balaban J connectivity index is 2.05. The van der Waals surface area contributed by atoms with Gasteiger partial charge in [-0.3, -0.25) is 14.9 Å². The smallest absolute Gasteiger partial charge is 0.279 e. The first-order valence-electron chi connectivity index (χ1n) is 8.52. The molecule has 0 aliphatic carbocycles. The number of ether oxygens (including phenoxy) is 3. The van der Waals surface area contributed by atoms with Gasteiger partial charge in [0.15, 0.2) is 6.54 Å². The number of benzene rings is 2. The van der Waals surface area contributed by atoms with E-state index >= 15 is 0 Å². The number of carbonyl (C=O) groups excluding carboxylic acids is 1. The molecule has 0 heterocycles. The van der Waals surface area contributed by atoms with Gasteiger partial charge in [-0.05, 0) is 18.2 Å². The number of nitrogens with zero attached hydrogens (tertiary/aromatic N) is 1. The van der Waals surface area contributed by atoms with E-state index in [1.807, 2.05) is 19.2 Å². The number of carbonyl (C=O) groups is 1. The molecule has 9 nitrogen and oxygen atoms in total. The Morgan fingerprint density at radius 3 is 2.39 bits per heavy atom. The summed E-state index contributed by atoms with van der Waals surface area (Å²) in [5, 5.41) is 13.6. The van der Waals surface area contributed by atoms with Crippen molar-refractivity contribution in [2.24, 2.45) is 0 Å². The lowest BCUT2D eigenvalue weighted by Crippen LogP contribution is -3.08. The summed E-state index contributed by atoms with van der Waals surface area (Å²) in [6, 6.07) is 9.56. The fraction of sp³-hybridized carbons (Fsp3) is 0.316. The Hall–Kier alpha value is -3.33. The Morgan fingerprint density at radius 1 is 1.07 bits per heavy atom. The summed E-state index contributed by atoms with van der Waals surface area (Å²) in [5.41, 5.74) is 1.07. The predicted molar refractivity (Wildman–Crippen MR) is 103 cm³/mol. The van der Waals surface area contributed by atoms with Gasteiger partial charge in [0.2, 0.25) is 0 Å². The van der Waals surface area contributed by atoms with Crippen molar-refractivity contribution in [1.29, 1.82) is 0 Å². The van der Waals surface area contributed by atoms with Gasteiger partial charge >= 0.3 is 0 Å². The van der Waals surface area contributed by atoms with Gasteiger partial charge in [0, 0.05) is 23.8 Å². The Labute approximate surface area is 163 Å². The molecule has 2 aromatic carbocycles. The number of amides is 1. The monoisotopic (exact) mass is 390 g/mol. The molecule has 0 aromatic heterocycles. The van der Waals surface area contributed by atoms with Crippen LogP contribution in [0.2, 0.25) is 0 Å². The molecule has 1 amide bonds. The van der Waals surface area contributed by atoms with Crippen LogP contribution in [-0.4, -0.2) is 45.8 Å². The lowest BCUT2D eigenvalue weighted by Gasteiger charge is -2.17. The lowest BCUT2D eigenvalue weighted by atomic mass is 10.1. The van der Waals surface area contributed by atoms with Crippen LogP contribution in [0.4, 0.5) is 11.4 Å². The second-order valence-electron chi connectivity index (χ2n) is 6.18. The average molecular weight is 390 g/mol. The Kier molecular flexibility index (Phi) is 7.16. The summed E-state index contributed by atoms with van der Waals surface area (Å²) in [5.74, 6) is 1.44. The highest BCUT2D eigenvalue weighted by atomic mass is 16.6. The van der Waals surface area contributed by atoms with Crippen LogP contribution >= 0.6 is 0 Å². The minimum Gasteiger partial charge on any atom is -0.497 e. The molecule has 0 saturated carbocycles. The van der Waals surface area contributed by atoms with E-state index in [1.165, 1.54) is 25.3 Å². The molecule has 150 valence electrons. The van der Waals surface area contributed by atoms with Gasteiger partial charge < -0.3 is 24.4 Å². The van der Waals surface area contributed by atoms with Crippen molar-refractivity contribution >= 4 is 17.3 Å². The van der Waals surface area contributed by atoms with Crippen molar-refractivity contribution in [2.45, 2.75) is 6.54 Å². The number of hydrogen-bond donors (Lipinski definition) is 2. The van der Waals surface area contributed by atoms with Crippen molar-refractivity contribution in [3.63, 3.8) is 0 Å². The number of hydrogen-bond acceptors (Lipinski definition) is 6. The van der Waals surface area contributed by atoms with Crippen molar-refractivity contribution < 1.29 is 28.8 Å². The zero-order valence-corrected chi connectivity index (χ0v) is 16.3. The molecule has 1 unspecified atom stereocenters. The summed E-state index contributed by atoms with van der Waals surface area (Å²) < 4.78 is 15.7. The van der Waals surface area contributed by atoms with Crippen LogP contribution in [0.1, 0.15) is 5.56 Å². The van der Waals surface area contributed by atoms with Crippen molar-refractivity contribution in [3.8, 4) is 17.2 Å². The number of non-ortho nitro benzene ring substituents is 1. The molecule has 0 spiro atoms. The third-order valence-electron chi connectivity index (χ3n) is 4.12. The topological polar surface area (TPSA) is 104 Å². The Bertz CT molecular complexity index is 856. The number of quaternary nitrogens is 1. The van der Waals surface area contributed by atoms with E-state index in [4.69, 9.17) is 14.2 Å². The van der Waals surface area contributed by atoms with Gasteiger partial charge in [-0.25, -0.2) is 0 Å². The SMILES string of the molecule is COc1ccc(C[NH+](C)CC(=O)Nc2cc([N+](=O)[O-])ccc2OC)c(OC)c1. The van der Waals surface area contributed by atoms with Gasteiger partial charge in [0.05, 0.1) is 39.0 Å². The first-order chi connectivity index (χ1) is 13.4. The third-order valence-corrected chi connectivity index (χ3v) is 4.12. The average Bonchev–Trinajstić information content (AvgIpc) is 2.67. The Morgan fingerprint density at radius 2 is 1.79 bits per heavy atom. The highest BCUT2D eigenvalue weighted by Gasteiger charge is 2.17. The molecule has 0 aliphatic heterocycles. The summed E-state index contributed by atoms with van der Waals surface area (Å²) in [7, 11) is 6.46. The van der Waals surface area contributed by atoms with Crippen molar-refractivity contribution in [3.05, 3.63) is 52.1 Å². The van der Waals surface area contributed by atoms with Crippen LogP contribution in [-0.2, 0) is 11.3 Å². The van der Waals surface area contributed by atoms with E-state index in [0.717, 1.165) is 10.5 Å². The summed E-state index contributed by atoms with van der Waals surface area (Å²) in [4.78, 5) is 23.7. The number of nitro groups is 1. The van der Waals surface area contributed by atoms with E-state index in [9.17, 15) is 14.9 Å². The lowest BCUT2D eigenvalue weighted by molar-refractivity contribution is -0.885. The molecule has 1 atom stereocenters. The standard InChI is InChI=1S/C19H23N3O6/c1-21(11-13-5-7-15(26-2)10-18(13)28-4)12-19(23)20-16-9-14(22(24)25)6-8-17(16)27-3/h5-10H,11-12H2,1-4H3,(H,20,23)/p+1. The fourth-order valence-corrected chi connectivity index (χ4v) is 2.76. The molecule has 0 radical (unpaired) electrons. The maximum absolute atomic E-state index is 12.4. The van der Waals surface area contributed by atoms with E-state index in [0.29, 0.717) is 23.8 Å². The van der Waals surface area contributed by atoms with Gasteiger partial charge in [-0.2, -0.15) is 0 Å². The molecule has 28 heavy (non-hydrogen) atoms. The number of rotatable bonds is 9. The maximum Gasteiger partial charge on any atom is 0.279 e. The molecule has 2 aromatic rings. The predicted octanol–water partition coefficient (Wildman–Crippen LogP) is 1.27. The molecule has 0 aliphatic rings. The number of methoxy groups -OCH3 is 3. The first kappa shape index (κ1) is 21.0. The molecule has 0 saturated heterocycles. The maximum atomic E-state index is 12.4. The molecular weight excluding hydrogens is 366 g/mol. The van der Waals surface area contributed by atoms with Gasteiger partial charge in [0.25, 0.3) is 11.6 Å². The van der Waals surface area contributed by atoms with Gasteiger partial charge in [-0.15, -0.1) is 0 Å². The highest BCUT2D eigenvalue weighted by molar-refractivity contribution is 5.93. The minimum absolute atomic E-state index is 0.125. The van der Waals surface area contributed by atoms with E-state index in [2.05, 4.69) is 5.32 Å².